The summed E-state index contributed by atoms with van der Waals surface area (Å²) in [7, 11) is 0. The Hall–Kier alpha value is -2.56. The first kappa shape index (κ1) is 18.8. The molecule has 0 radical (unpaired) electrons. The third-order valence-electron chi connectivity index (χ3n) is 4.85. The van der Waals surface area contributed by atoms with Crippen molar-refractivity contribution in [1.82, 2.24) is 10.2 Å². The number of carbonyl (C=O) groups excluding carboxylic acids is 1. The molecule has 2 aromatic carbocycles. The van der Waals surface area contributed by atoms with Crippen molar-refractivity contribution in [1.29, 1.82) is 0 Å². The maximum Gasteiger partial charge on any atom is 0.251 e. The molecule has 28 heavy (non-hydrogen) atoms. The predicted molar refractivity (Wildman–Crippen MR) is 110 cm³/mol. The molecule has 144 valence electrons. The fourth-order valence-corrected chi connectivity index (χ4v) is 3.37. The maximum atomic E-state index is 12.2. The van der Waals surface area contributed by atoms with E-state index in [2.05, 4.69) is 10.2 Å². The summed E-state index contributed by atoms with van der Waals surface area (Å²) in [4.78, 5) is 14.4. The SMILES string of the molecule is O=C(NC1CC1)c1ccc(CN(Cc2ccco2)Cc2ccccc2Cl)cc1. The number of nitrogens with one attached hydrogen (secondary N) is 1. The van der Waals surface area contributed by atoms with Crippen LogP contribution in [0.2, 0.25) is 5.02 Å². The molecule has 3 aromatic rings. The molecule has 1 heterocycles. The number of furan rings is 1. The van der Waals surface area contributed by atoms with Crippen LogP contribution in [0, 0.1) is 0 Å². The largest absolute Gasteiger partial charge is 0.468 e. The van der Waals surface area contributed by atoms with Gasteiger partial charge in [-0.25, -0.2) is 0 Å². The first-order chi connectivity index (χ1) is 13.7. The average molecular weight is 395 g/mol. The van der Waals surface area contributed by atoms with E-state index in [1.807, 2.05) is 60.7 Å². The number of carbonyl (C=O) groups is 1. The van der Waals surface area contributed by atoms with Gasteiger partial charge in [-0.1, -0.05) is 41.9 Å². The smallest absolute Gasteiger partial charge is 0.251 e. The van der Waals surface area contributed by atoms with E-state index in [4.69, 9.17) is 16.0 Å². The van der Waals surface area contributed by atoms with E-state index in [0.717, 1.165) is 41.3 Å². The highest BCUT2D eigenvalue weighted by molar-refractivity contribution is 6.31. The van der Waals surface area contributed by atoms with Gasteiger partial charge in [0.15, 0.2) is 0 Å². The van der Waals surface area contributed by atoms with Gasteiger partial charge in [0, 0.05) is 29.7 Å². The summed E-state index contributed by atoms with van der Waals surface area (Å²) in [6.07, 6.45) is 3.87. The lowest BCUT2D eigenvalue weighted by atomic mass is 10.1. The standard InChI is InChI=1S/C23H23ClN2O2/c24-22-6-2-1-4-19(22)15-26(16-21-5-3-13-28-21)14-17-7-9-18(10-8-17)23(27)25-20-11-12-20/h1-10,13,20H,11-12,14-16H2,(H,25,27). The number of rotatable bonds is 8. The lowest BCUT2D eigenvalue weighted by Gasteiger charge is -2.22. The summed E-state index contributed by atoms with van der Waals surface area (Å²) in [6, 6.07) is 20.0. The van der Waals surface area contributed by atoms with Gasteiger partial charge in [0.1, 0.15) is 5.76 Å². The van der Waals surface area contributed by atoms with E-state index in [-0.39, 0.29) is 5.91 Å². The normalized spacial score (nSPS) is 13.6. The van der Waals surface area contributed by atoms with E-state index in [9.17, 15) is 4.79 Å². The Bertz CT molecular complexity index is 918. The van der Waals surface area contributed by atoms with Gasteiger partial charge in [-0.15, -0.1) is 0 Å². The third kappa shape index (κ3) is 5.03. The summed E-state index contributed by atoms with van der Waals surface area (Å²) in [5.41, 5.74) is 2.93. The van der Waals surface area contributed by atoms with Gasteiger partial charge in [-0.3, -0.25) is 9.69 Å². The molecular formula is C23H23ClN2O2. The van der Waals surface area contributed by atoms with Gasteiger partial charge >= 0.3 is 0 Å². The van der Waals surface area contributed by atoms with Crippen LogP contribution in [0.5, 0.6) is 0 Å². The molecule has 1 aromatic heterocycles. The summed E-state index contributed by atoms with van der Waals surface area (Å²) in [5, 5.41) is 3.79. The van der Waals surface area contributed by atoms with Crippen molar-refractivity contribution >= 4 is 17.5 Å². The van der Waals surface area contributed by atoms with Gasteiger partial charge in [0.2, 0.25) is 0 Å². The average Bonchev–Trinajstić information content (AvgIpc) is 3.36. The van der Waals surface area contributed by atoms with Gasteiger partial charge < -0.3 is 9.73 Å². The summed E-state index contributed by atoms with van der Waals surface area (Å²) in [5.74, 6) is 0.921. The molecule has 4 nitrogen and oxygen atoms in total. The molecule has 1 N–H and O–H groups in total. The van der Waals surface area contributed by atoms with Gasteiger partial charge in [0.25, 0.3) is 5.91 Å². The van der Waals surface area contributed by atoms with Gasteiger partial charge in [0.05, 0.1) is 12.8 Å². The number of benzene rings is 2. The minimum absolute atomic E-state index is 0.0116. The molecule has 0 aliphatic heterocycles. The molecule has 1 fully saturated rings. The fourth-order valence-electron chi connectivity index (χ4n) is 3.17. The van der Waals surface area contributed by atoms with Crippen LogP contribution in [-0.2, 0) is 19.6 Å². The van der Waals surface area contributed by atoms with Crippen molar-refractivity contribution in [2.24, 2.45) is 0 Å². The second-order valence-electron chi connectivity index (χ2n) is 7.26. The molecule has 0 unspecified atom stereocenters. The summed E-state index contributed by atoms with van der Waals surface area (Å²) >= 11 is 6.36. The molecule has 0 bridgehead atoms. The zero-order chi connectivity index (χ0) is 19.3. The molecule has 1 aliphatic carbocycles. The third-order valence-corrected chi connectivity index (χ3v) is 5.21. The van der Waals surface area contributed by atoms with Crippen molar-refractivity contribution in [3.05, 3.63) is 94.4 Å². The van der Waals surface area contributed by atoms with Crippen molar-refractivity contribution in [3.8, 4) is 0 Å². The van der Waals surface area contributed by atoms with E-state index in [1.165, 1.54) is 0 Å². The van der Waals surface area contributed by atoms with Crippen LogP contribution in [0.4, 0.5) is 0 Å². The monoisotopic (exact) mass is 394 g/mol. The first-order valence-electron chi connectivity index (χ1n) is 9.55. The Balaban J connectivity index is 1.46. The molecule has 1 aliphatic rings. The minimum Gasteiger partial charge on any atom is -0.468 e. The number of nitrogens with zero attached hydrogens (tertiary/aromatic N) is 1. The van der Waals surface area contributed by atoms with Crippen LogP contribution in [0.3, 0.4) is 0 Å². The van der Waals surface area contributed by atoms with Crippen molar-refractivity contribution in [2.45, 2.75) is 38.5 Å². The Morgan fingerprint density at radius 2 is 1.79 bits per heavy atom. The highest BCUT2D eigenvalue weighted by Gasteiger charge is 2.23. The quantitative estimate of drug-likeness (QED) is 0.583. The highest BCUT2D eigenvalue weighted by atomic mass is 35.5. The van der Waals surface area contributed by atoms with E-state index >= 15 is 0 Å². The predicted octanol–water partition coefficient (Wildman–Crippen LogP) is 5.03. The highest BCUT2D eigenvalue weighted by Crippen LogP contribution is 2.21. The number of hydrogen-bond donors (Lipinski definition) is 1. The number of amides is 1. The van der Waals surface area contributed by atoms with Gasteiger partial charge in [-0.2, -0.15) is 0 Å². The lowest BCUT2D eigenvalue weighted by molar-refractivity contribution is 0.0951. The molecule has 0 saturated heterocycles. The zero-order valence-electron chi connectivity index (χ0n) is 15.6. The molecule has 1 saturated carbocycles. The van der Waals surface area contributed by atoms with Crippen LogP contribution >= 0.6 is 11.6 Å². The Morgan fingerprint density at radius 3 is 2.46 bits per heavy atom. The lowest BCUT2D eigenvalue weighted by Crippen LogP contribution is -2.25. The first-order valence-corrected chi connectivity index (χ1v) is 9.93. The minimum atomic E-state index is 0.0116. The Kier molecular flexibility index (Phi) is 5.79. The van der Waals surface area contributed by atoms with Crippen molar-refractivity contribution < 1.29 is 9.21 Å². The van der Waals surface area contributed by atoms with Crippen LogP contribution in [-0.4, -0.2) is 16.8 Å². The number of hydrogen-bond acceptors (Lipinski definition) is 3. The van der Waals surface area contributed by atoms with Crippen molar-refractivity contribution in [2.75, 3.05) is 0 Å². The van der Waals surface area contributed by atoms with Crippen LogP contribution < -0.4 is 5.32 Å². The molecule has 0 atom stereocenters. The van der Waals surface area contributed by atoms with E-state index in [0.29, 0.717) is 24.7 Å². The molecule has 4 rings (SSSR count). The molecule has 1 amide bonds. The Labute approximate surface area is 170 Å². The van der Waals surface area contributed by atoms with E-state index in [1.54, 1.807) is 6.26 Å². The van der Waals surface area contributed by atoms with Crippen molar-refractivity contribution in [3.63, 3.8) is 0 Å². The Morgan fingerprint density at radius 1 is 1.00 bits per heavy atom. The number of halogens is 1. The van der Waals surface area contributed by atoms with Gasteiger partial charge in [-0.05, 0) is 54.3 Å². The molecule has 5 heteroatoms. The zero-order valence-corrected chi connectivity index (χ0v) is 16.4. The van der Waals surface area contributed by atoms with Crippen LogP contribution in [0.1, 0.15) is 40.1 Å². The summed E-state index contributed by atoms with van der Waals surface area (Å²) < 4.78 is 5.54. The fraction of sp³-hybridized carbons (Fsp3) is 0.261. The molecular weight excluding hydrogens is 372 g/mol. The second kappa shape index (κ2) is 8.63. The van der Waals surface area contributed by atoms with Crippen LogP contribution in [0.15, 0.2) is 71.3 Å². The summed E-state index contributed by atoms with van der Waals surface area (Å²) in [6.45, 7) is 2.13. The topological polar surface area (TPSA) is 45.5 Å². The molecule has 0 spiro atoms. The maximum absolute atomic E-state index is 12.2. The van der Waals surface area contributed by atoms with Crippen LogP contribution in [0.25, 0.3) is 0 Å². The second-order valence-corrected chi connectivity index (χ2v) is 7.67. The van der Waals surface area contributed by atoms with E-state index < -0.39 is 0 Å².